The maximum Gasteiger partial charge on any atom is 0.211 e. The number of ether oxygens (including phenoxy) is 1. The summed E-state index contributed by atoms with van der Waals surface area (Å²) in [6.45, 7) is 7.68. The minimum Gasteiger partial charge on any atom is -0.376 e. The van der Waals surface area contributed by atoms with Crippen molar-refractivity contribution in [2.75, 3.05) is 45.6 Å². The van der Waals surface area contributed by atoms with E-state index in [-0.39, 0.29) is 0 Å². The summed E-state index contributed by atoms with van der Waals surface area (Å²) in [7, 11) is -3.12. The van der Waals surface area contributed by atoms with Crippen molar-refractivity contribution in [2.24, 2.45) is 4.99 Å². The average molecular weight is 391 g/mol. The maximum absolute atomic E-state index is 11.6. The average Bonchev–Trinajstić information content (AvgIpc) is 2.86. The summed E-state index contributed by atoms with van der Waals surface area (Å²) in [6, 6.07) is 0. The van der Waals surface area contributed by atoms with E-state index in [2.05, 4.69) is 15.6 Å². The highest BCUT2D eigenvalue weighted by molar-refractivity contribution is 7.88. The third-order valence-corrected chi connectivity index (χ3v) is 5.93. The number of sulfonamides is 1. The molecule has 154 valence electrons. The summed E-state index contributed by atoms with van der Waals surface area (Å²) in [5.74, 6) is 0.763. The first kappa shape index (κ1) is 23.2. The SMILES string of the molecule is CCNC(=NCCCN(CC)S(C)(=O)=O)NCCOC1CCCCCC1. The lowest BCUT2D eigenvalue weighted by atomic mass is 10.1. The zero-order valence-corrected chi connectivity index (χ0v) is 17.6. The number of hydrogen-bond donors (Lipinski definition) is 2. The molecule has 0 amide bonds. The molecule has 26 heavy (non-hydrogen) atoms. The number of aliphatic imine (C=N–C) groups is 1. The first-order valence-corrected chi connectivity index (χ1v) is 11.9. The van der Waals surface area contributed by atoms with Crippen molar-refractivity contribution < 1.29 is 13.2 Å². The van der Waals surface area contributed by atoms with E-state index in [9.17, 15) is 8.42 Å². The monoisotopic (exact) mass is 390 g/mol. The Bertz CT molecular complexity index is 489. The highest BCUT2D eigenvalue weighted by Gasteiger charge is 2.13. The van der Waals surface area contributed by atoms with Crippen molar-refractivity contribution >= 4 is 16.0 Å². The second-order valence-corrected chi connectivity index (χ2v) is 8.76. The van der Waals surface area contributed by atoms with Gasteiger partial charge in [0.2, 0.25) is 10.0 Å². The van der Waals surface area contributed by atoms with Crippen LogP contribution in [0.15, 0.2) is 4.99 Å². The lowest BCUT2D eigenvalue weighted by molar-refractivity contribution is 0.0468. The number of hydrogen-bond acceptors (Lipinski definition) is 4. The number of nitrogens with zero attached hydrogens (tertiary/aromatic N) is 2. The Hall–Kier alpha value is -0.860. The van der Waals surface area contributed by atoms with Crippen LogP contribution >= 0.6 is 0 Å². The molecule has 1 rings (SSSR count). The minimum absolute atomic E-state index is 0.412. The molecular weight excluding hydrogens is 352 g/mol. The number of nitrogens with one attached hydrogen (secondary N) is 2. The van der Waals surface area contributed by atoms with Gasteiger partial charge in [-0.05, 0) is 26.2 Å². The summed E-state index contributed by atoms with van der Waals surface area (Å²) in [5, 5.41) is 6.51. The van der Waals surface area contributed by atoms with Gasteiger partial charge in [0.25, 0.3) is 0 Å². The second-order valence-electron chi connectivity index (χ2n) is 6.78. The minimum atomic E-state index is -3.12. The standard InChI is InChI=1S/C18H38N4O3S/c1-4-19-18(20-13-10-15-22(5-2)26(3,23)24)21-14-16-25-17-11-8-6-7-9-12-17/h17H,4-16H2,1-3H3,(H2,19,20,21). The topological polar surface area (TPSA) is 83.0 Å². The molecule has 7 nitrogen and oxygen atoms in total. The number of rotatable bonds is 11. The molecule has 0 unspecified atom stereocenters. The summed E-state index contributed by atoms with van der Waals surface area (Å²) < 4.78 is 30.6. The molecule has 0 saturated heterocycles. The predicted octanol–water partition coefficient (Wildman–Crippen LogP) is 1.95. The van der Waals surface area contributed by atoms with Gasteiger partial charge in [0.1, 0.15) is 0 Å². The van der Waals surface area contributed by atoms with E-state index < -0.39 is 10.0 Å². The highest BCUT2D eigenvalue weighted by atomic mass is 32.2. The van der Waals surface area contributed by atoms with Crippen molar-refractivity contribution in [1.82, 2.24) is 14.9 Å². The molecule has 0 aromatic heterocycles. The molecule has 1 saturated carbocycles. The van der Waals surface area contributed by atoms with Gasteiger partial charge in [-0.3, -0.25) is 4.99 Å². The van der Waals surface area contributed by atoms with Crippen LogP contribution in [0.25, 0.3) is 0 Å². The third-order valence-electron chi connectivity index (χ3n) is 4.55. The van der Waals surface area contributed by atoms with Crippen molar-refractivity contribution in [3.63, 3.8) is 0 Å². The van der Waals surface area contributed by atoms with Crippen molar-refractivity contribution in [1.29, 1.82) is 0 Å². The molecule has 0 spiro atoms. The Labute approximate surface area is 160 Å². The van der Waals surface area contributed by atoms with Crippen molar-refractivity contribution in [2.45, 2.75) is 64.9 Å². The molecule has 0 aromatic rings. The predicted molar refractivity (Wildman–Crippen MR) is 108 cm³/mol. The number of guanidine groups is 1. The fourth-order valence-electron chi connectivity index (χ4n) is 3.14. The van der Waals surface area contributed by atoms with Gasteiger partial charge in [-0.25, -0.2) is 12.7 Å². The van der Waals surface area contributed by atoms with E-state index >= 15 is 0 Å². The van der Waals surface area contributed by atoms with Gasteiger partial charge in [0.05, 0.1) is 19.0 Å². The van der Waals surface area contributed by atoms with Crippen LogP contribution in [0.2, 0.25) is 0 Å². The van der Waals surface area contributed by atoms with Crippen LogP contribution in [-0.4, -0.2) is 70.4 Å². The van der Waals surface area contributed by atoms with Gasteiger partial charge in [-0.2, -0.15) is 0 Å². The van der Waals surface area contributed by atoms with Gasteiger partial charge in [0, 0.05) is 32.7 Å². The first-order chi connectivity index (χ1) is 12.5. The molecule has 1 fully saturated rings. The molecule has 0 heterocycles. The van der Waals surface area contributed by atoms with Crippen LogP contribution in [0, 0.1) is 0 Å². The Kier molecular flexibility index (Phi) is 11.9. The van der Waals surface area contributed by atoms with Gasteiger partial charge >= 0.3 is 0 Å². The van der Waals surface area contributed by atoms with Crippen LogP contribution < -0.4 is 10.6 Å². The molecule has 0 aromatic carbocycles. The molecular formula is C18H38N4O3S. The van der Waals surface area contributed by atoms with E-state index in [1.807, 2.05) is 13.8 Å². The van der Waals surface area contributed by atoms with E-state index in [1.165, 1.54) is 49.1 Å². The quantitative estimate of drug-likeness (QED) is 0.244. The zero-order valence-electron chi connectivity index (χ0n) is 16.8. The van der Waals surface area contributed by atoms with Crippen LogP contribution in [-0.2, 0) is 14.8 Å². The maximum atomic E-state index is 11.6. The van der Waals surface area contributed by atoms with Gasteiger partial charge in [-0.1, -0.05) is 32.6 Å². The van der Waals surface area contributed by atoms with Crippen LogP contribution in [0.3, 0.4) is 0 Å². The van der Waals surface area contributed by atoms with Crippen molar-refractivity contribution in [3.05, 3.63) is 0 Å². The second kappa shape index (κ2) is 13.3. The fourth-order valence-corrected chi connectivity index (χ4v) is 4.07. The van der Waals surface area contributed by atoms with Crippen molar-refractivity contribution in [3.8, 4) is 0 Å². The Morgan fingerprint density at radius 2 is 1.85 bits per heavy atom. The van der Waals surface area contributed by atoms with E-state index in [0.29, 0.717) is 38.8 Å². The lowest BCUT2D eigenvalue weighted by Crippen LogP contribution is -2.39. The van der Waals surface area contributed by atoms with Gasteiger partial charge < -0.3 is 15.4 Å². The summed E-state index contributed by atoms with van der Waals surface area (Å²) in [5.41, 5.74) is 0. The molecule has 1 aliphatic rings. The highest BCUT2D eigenvalue weighted by Crippen LogP contribution is 2.19. The molecule has 0 aliphatic heterocycles. The van der Waals surface area contributed by atoms with Gasteiger partial charge in [-0.15, -0.1) is 0 Å². The molecule has 0 radical (unpaired) electrons. The smallest absolute Gasteiger partial charge is 0.211 e. The van der Waals surface area contributed by atoms with Crippen LogP contribution in [0.4, 0.5) is 0 Å². The largest absolute Gasteiger partial charge is 0.376 e. The Morgan fingerprint density at radius 3 is 2.42 bits per heavy atom. The van der Waals surface area contributed by atoms with Crippen LogP contribution in [0.5, 0.6) is 0 Å². The lowest BCUT2D eigenvalue weighted by Gasteiger charge is -2.18. The molecule has 0 bridgehead atoms. The van der Waals surface area contributed by atoms with E-state index in [4.69, 9.17) is 4.74 Å². The Balaban J connectivity index is 2.27. The third kappa shape index (κ3) is 10.3. The normalized spacial score (nSPS) is 17.3. The van der Waals surface area contributed by atoms with E-state index in [0.717, 1.165) is 19.0 Å². The molecule has 1 aliphatic carbocycles. The molecule has 8 heteroatoms. The summed E-state index contributed by atoms with van der Waals surface area (Å²) in [4.78, 5) is 4.52. The van der Waals surface area contributed by atoms with Crippen LogP contribution in [0.1, 0.15) is 58.8 Å². The van der Waals surface area contributed by atoms with E-state index in [1.54, 1.807) is 0 Å². The zero-order chi connectivity index (χ0) is 19.3. The molecule has 2 N–H and O–H groups in total. The summed E-state index contributed by atoms with van der Waals surface area (Å²) in [6.07, 6.45) is 9.97. The fraction of sp³-hybridized carbons (Fsp3) is 0.944. The van der Waals surface area contributed by atoms with Gasteiger partial charge in [0.15, 0.2) is 5.96 Å². The summed E-state index contributed by atoms with van der Waals surface area (Å²) >= 11 is 0. The Morgan fingerprint density at radius 1 is 1.15 bits per heavy atom. The molecule has 0 atom stereocenters. The first-order valence-electron chi connectivity index (χ1n) is 10.1.